The van der Waals surface area contributed by atoms with Gasteiger partial charge < -0.3 is 34.9 Å². The molecule has 0 unspecified atom stereocenters. The van der Waals surface area contributed by atoms with Crippen LogP contribution in [0.3, 0.4) is 0 Å². The van der Waals surface area contributed by atoms with Crippen LogP contribution in [-0.4, -0.2) is 58.8 Å². The van der Waals surface area contributed by atoms with E-state index in [0.29, 0.717) is 47.6 Å². The number of hydrogen-bond donors (Lipinski definition) is 3. The Balaban J connectivity index is 2.07. The number of amides is 2. The fourth-order valence-electron chi connectivity index (χ4n) is 5.05. The second-order valence-corrected chi connectivity index (χ2v) is 9.90. The van der Waals surface area contributed by atoms with E-state index in [1.54, 1.807) is 19.2 Å². The molecule has 3 N–H and O–H groups in total. The Hall–Kier alpha value is -4.28. The molecule has 1 aliphatic carbocycles. The van der Waals surface area contributed by atoms with E-state index < -0.39 is 24.0 Å². The van der Waals surface area contributed by atoms with Crippen LogP contribution in [0.1, 0.15) is 50.8 Å². The molecule has 1 aliphatic rings. The van der Waals surface area contributed by atoms with Crippen molar-refractivity contribution in [3.63, 3.8) is 0 Å². The van der Waals surface area contributed by atoms with E-state index in [-0.39, 0.29) is 29.5 Å². The lowest BCUT2D eigenvalue weighted by molar-refractivity contribution is -0.146. The van der Waals surface area contributed by atoms with Gasteiger partial charge in [0.25, 0.3) is 0 Å². The first-order valence-electron chi connectivity index (χ1n) is 13.5. The van der Waals surface area contributed by atoms with Gasteiger partial charge in [-0.15, -0.1) is 0 Å². The summed E-state index contributed by atoms with van der Waals surface area (Å²) in [5, 5.41) is 8.55. The van der Waals surface area contributed by atoms with Crippen LogP contribution >= 0.6 is 0 Å². The van der Waals surface area contributed by atoms with Gasteiger partial charge in [-0.1, -0.05) is 26.3 Å². The average molecular weight is 570 g/mol. The molecule has 0 saturated carbocycles. The van der Waals surface area contributed by atoms with E-state index in [0.717, 1.165) is 11.1 Å². The zero-order chi connectivity index (χ0) is 30.3. The first kappa shape index (κ1) is 31.3. The molecule has 0 radical (unpaired) electrons. The molecule has 2 amide bonds. The van der Waals surface area contributed by atoms with Crippen LogP contribution in [0.15, 0.2) is 29.1 Å². The lowest BCUT2D eigenvalue weighted by Gasteiger charge is -2.21. The van der Waals surface area contributed by atoms with Crippen molar-refractivity contribution in [2.75, 3.05) is 40.3 Å². The topological polar surface area (TPSA) is 141 Å². The van der Waals surface area contributed by atoms with E-state index in [1.807, 2.05) is 19.9 Å². The van der Waals surface area contributed by atoms with Crippen molar-refractivity contribution in [1.82, 2.24) is 10.6 Å². The molecule has 0 spiro atoms. The first-order valence-corrected chi connectivity index (χ1v) is 13.5. The Labute approximate surface area is 239 Å². The summed E-state index contributed by atoms with van der Waals surface area (Å²) in [7, 11) is 5.86. The maximum Gasteiger partial charge on any atom is 0.328 e. The standard InChI is InChI=1S/C30H39N3O8/c1-8-16(2)27(30(37)41-7)33-25(36)15-31-22-12-10-19-20(14-23(22)35)21(32-17(3)34)11-9-18-13-24(38-4)28(39-5)29(40-6)26(18)19/h10,12-14,16,21,27H,8-9,11,15H2,1-7H3,(H,31,35)(H,32,34)(H,33,36)/t16-,21+,27+/m1/s1. The van der Waals surface area contributed by atoms with Crippen molar-refractivity contribution >= 4 is 23.5 Å². The van der Waals surface area contributed by atoms with Crippen molar-refractivity contribution in [3.8, 4) is 28.4 Å². The largest absolute Gasteiger partial charge is 0.493 e. The molecule has 0 saturated heterocycles. The quantitative estimate of drug-likeness (QED) is 0.348. The Morgan fingerprint density at radius 2 is 1.73 bits per heavy atom. The number of fused-ring (bicyclic) bond motifs is 3. The molecule has 0 fully saturated rings. The third-order valence-electron chi connectivity index (χ3n) is 7.34. The first-order chi connectivity index (χ1) is 19.6. The fourth-order valence-corrected chi connectivity index (χ4v) is 5.05. The van der Waals surface area contributed by atoms with Crippen molar-refractivity contribution in [2.24, 2.45) is 5.92 Å². The predicted octanol–water partition coefficient (Wildman–Crippen LogP) is 2.98. The van der Waals surface area contributed by atoms with Crippen molar-refractivity contribution in [3.05, 3.63) is 45.6 Å². The van der Waals surface area contributed by atoms with Crippen LogP contribution in [0.25, 0.3) is 11.1 Å². The molecule has 11 nitrogen and oxygen atoms in total. The van der Waals surface area contributed by atoms with E-state index in [2.05, 4.69) is 16.0 Å². The van der Waals surface area contributed by atoms with E-state index >= 15 is 0 Å². The fraction of sp³-hybridized carbons (Fsp3) is 0.467. The van der Waals surface area contributed by atoms with Gasteiger partial charge in [0.1, 0.15) is 6.04 Å². The molecule has 0 aliphatic heterocycles. The highest BCUT2D eigenvalue weighted by Gasteiger charge is 2.30. The van der Waals surface area contributed by atoms with Gasteiger partial charge in [-0.2, -0.15) is 0 Å². The third kappa shape index (κ3) is 6.90. The van der Waals surface area contributed by atoms with E-state index in [4.69, 9.17) is 18.9 Å². The second kappa shape index (κ2) is 13.9. The van der Waals surface area contributed by atoms with E-state index in [1.165, 1.54) is 34.3 Å². The molecule has 0 bridgehead atoms. The third-order valence-corrected chi connectivity index (χ3v) is 7.34. The number of rotatable bonds is 11. The summed E-state index contributed by atoms with van der Waals surface area (Å²) in [4.78, 5) is 50.4. The van der Waals surface area contributed by atoms with Gasteiger partial charge in [-0.05, 0) is 53.6 Å². The van der Waals surface area contributed by atoms with Gasteiger partial charge in [0, 0.05) is 12.5 Å². The van der Waals surface area contributed by atoms with Crippen LogP contribution < -0.4 is 35.6 Å². The lowest BCUT2D eigenvalue weighted by atomic mass is 9.95. The summed E-state index contributed by atoms with van der Waals surface area (Å²) in [5.41, 5.74) is 2.71. The monoisotopic (exact) mass is 569 g/mol. The number of nitrogens with one attached hydrogen (secondary N) is 3. The number of hydrogen-bond acceptors (Lipinski definition) is 9. The van der Waals surface area contributed by atoms with Crippen LogP contribution in [0.2, 0.25) is 0 Å². The molecule has 41 heavy (non-hydrogen) atoms. The van der Waals surface area contributed by atoms with Crippen LogP contribution in [0.4, 0.5) is 5.69 Å². The summed E-state index contributed by atoms with van der Waals surface area (Å²) >= 11 is 0. The van der Waals surface area contributed by atoms with Gasteiger partial charge in [-0.25, -0.2) is 4.79 Å². The molecular formula is C30H39N3O8. The van der Waals surface area contributed by atoms with Crippen molar-refractivity contribution in [1.29, 1.82) is 0 Å². The van der Waals surface area contributed by atoms with Gasteiger partial charge in [0.2, 0.25) is 23.0 Å². The zero-order valence-corrected chi connectivity index (χ0v) is 24.6. The number of methoxy groups -OCH3 is 4. The summed E-state index contributed by atoms with van der Waals surface area (Å²) in [6.07, 6.45) is 1.76. The molecule has 3 atom stereocenters. The average Bonchev–Trinajstić information content (AvgIpc) is 3.20. The number of benzene rings is 1. The van der Waals surface area contributed by atoms with Crippen LogP contribution in [0.5, 0.6) is 17.2 Å². The molecule has 2 aromatic carbocycles. The van der Waals surface area contributed by atoms with Crippen LogP contribution in [-0.2, 0) is 25.5 Å². The van der Waals surface area contributed by atoms with Crippen molar-refractivity contribution < 1.29 is 33.3 Å². The number of anilines is 1. The molecule has 222 valence electrons. The van der Waals surface area contributed by atoms with Gasteiger partial charge in [0.15, 0.2) is 11.5 Å². The van der Waals surface area contributed by atoms with Crippen LogP contribution in [0, 0.1) is 5.92 Å². The number of carbonyl (C=O) groups excluding carboxylic acids is 3. The smallest absolute Gasteiger partial charge is 0.328 e. The molecule has 11 heteroatoms. The molecule has 3 rings (SSSR count). The van der Waals surface area contributed by atoms with Gasteiger partial charge in [-0.3, -0.25) is 14.4 Å². The minimum Gasteiger partial charge on any atom is -0.493 e. The number of carbonyl (C=O) groups is 3. The Kier molecular flexibility index (Phi) is 10.6. The Bertz CT molecular complexity index is 1360. The van der Waals surface area contributed by atoms with Gasteiger partial charge >= 0.3 is 5.97 Å². The second-order valence-electron chi connectivity index (χ2n) is 9.90. The minimum atomic E-state index is -0.802. The predicted molar refractivity (Wildman–Crippen MR) is 155 cm³/mol. The van der Waals surface area contributed by atoms with E-state index in [9.17, 15) is 19.2 Å². The zero-order valence-electron chi connectivity index (χ0n) is 24.6. The Morgan fingerprint density at radius 1 is 1.02 bits per heavy atom. The molecular weight excluding hydrogens is 530 g/mol. The lowest BCUT2D eigenvalue weighted by Crippen LogP contribution is -2.47. The normalized spacial score (nSPS) is 15.1. The molecule has 2 aromatic rings. The molecule has 0 heterocycles. The number of aryl methyl sites for hydroxylation is 1. The minimum absolute atomic E-state index is 0.136. The number of ether oxygens (including phenoxy) is 4. The summed E-state index contributed by atoms with van der Waals surface area (Å²) in [5.74, 6) is -0.0131. The number of esters is 1. The summed E-state index contributed by atoms with van der Waals surface area (Å²) in [6, 6.07) is 5.45. The summed E-state index contributed by atoms with van der Waals surface area (Å²) < 4.78 is 21.8. The maximum atomic E-state index is 13.4. The van der Waals surface area contributed by atoms with Crippen molar-refractivity contribution in [2.45, 2.75) is 52.1 Å². The Morgan fingerprint density at radius 3 is 2.32 bits per heavy atom. The highest BCUT2D eigenvalue weighted by atomic mass is 16.5. The maximum absolute atomic E-state index is 13.4. The summed E-state index contributed by atoms with van der Waals surface area (Å²) in [6.45, 7) is 4.94. The highest BCUT2D eigenvalue weighted by molar-refractivity contribution is 5.87. The highest BCUT2D eigenvalue weighted by Crippen LogP contribution is 2.50. The van der Waals surface area contributed by atoms with Gasteiger partial charge in [0.05, 0.1) is 46.7 Å². The molecule has 0 aromatic heterocycles. The SMILES string of the molecule is CC[C@@H](C)[C@H](NC(=O)CNc1ccc2c(cc1=O)[C@@H](NC(C)=O)CCc1cc(OC)c(OC)c(OC)c1-2)C(=O)OC.